The molecule has 0 fully saturated rings. The first-order valence-corrected chi connectivity index (χ1v) is 5.90. The molecule has 0 amide bonds. The molecule has 0 aliphatic heterocycles. The van der Waals surface area contributed by atoms with E-state index < -0.39 is 0 Å². The number of nitrogens with zero attached hydrogens (tertiary/aromatic N) is 1. The van der Waals surface area contributed by atoms with Crippen molar-refractivity contribution in [3.05, 3.63) is 17.2 Å². The van der Waals surface area contributed by atoms with E-state index in [1.165, 1.54) is 0 Å². The Morgan fingerprint density at radius 3 is 2.81 bits per heavy atom. The minimum absolute atomic E-state index is 0.558. The Kier molecular flexibility index (Phi) is 5.49. The van der Waals surface area contributed by atoms with E-state index in [0.717, 1.165) is 36.6 Å². The van der Waals surface area contributed by atoms with Gasteiger partial charge in [0.2, 0.25) is 0 Å². The normalized spacial score (nSPS) is 11.3. The molecule has 1 heterocycles. The quantitative estimate of drug-likeness (QED) is 0.696. The zero-order chi connectivity index (χ0) is 12.0. The maximum Gasteiger partial charge on any atom is 0.106 e. The summed E-state index contributed by atoms with van der Waals surface area (Å²) in [6, 6.07) is 0.558. The summed E-state index contributed by atoms with van der Waals surface area (Å²) in [4.78, 5) is 7.81. The van der Waals surface area contributed by atoms with Crippen molar-refractivity contribution in [2.75, 3.05) is 13.7 Å². The smallest absolute Gasteiger partial charge is 0.106 e. The minimum Gasteiger partial charge on any atom is -0.378 e. The number of hydrogen-bond donors (Lipinski definition) is 2. The fourth-order valence-electron chi connectivity index (χ4n) is 1.61. The molecule has 0 bridgehead atoms. The second-order valence-corrected chi connectivity index (χ2v) is 4.40. The van der Waals surface area contributed by atoms with Crippen LogP contribution in [0.4, 0.5) is 0 Å². The average molecular weight is 225 g/mol. The van der Waals surface area contributed by atoms with Gasteiger partial charge < -0.3 is 15.0 Å². The molecule has 4 heteroatoms. The van der Waals surface area contributed by atoms with Crippen LogP contribution in [0.15, 0.2) is 0 Å². The average Bonchev–Trinajstić information content (AvgIpc) is 2.55. The third-order valence-corrected chi connectivity index (χ3v) is 2.46. The van der Waals surface area contributed by atoms with E-state index in [2.05, 4.69) is 29.1 Å². The van der Waals surface area contributed by atoms with E-state index in [-0.39, 0.29) is 0 Å². The summed E-state index contributed by atoms with van der Waals surface area (Å²) in [7, 11) is 1.69. The summed E-state index contributed by atoms with van der Waals surface area (Å²) in [5.74, 6) is 1.06. The highest BCUT2D eigenvalue weighted by Crippen LogP contribution is 2.07. The topological polar surface area (TPSA) is 49.9 Å². The molecule has 1 aromatic heterocycles. The second-order valence-electron chi connectivity index (χ2n) is 4.40. The first-order chi connectivity index (χ1) is 7.63. The zero-order valence-corrected chi connectivity index (χ0v) is 10.8. The molecule has 92 valence electrons. The van der Waals surface area contributed by atoms with Gasteiger partial charge in [0.1, 0.15) is 5.82 Å². The molecular weight excluding hydrogens is 202 g/mol. The van der Waals surface area contributed by atoms with Crippen LogP contribution in [0.5, 0.6) is 0 Å². The van der Waals surface area contributed by atoms with Gasteiger partial charge in [0, 0.05) is 25.3 Å². The van der Waals surface area contributed by atoms with E-state index >= 15 is 0 Å². The predicted molar refractivity (Wildman–Crippen MR) is 65.5 cm³/mol. The molecule has 0 saturated carbocycles. The summed E-state index contributed by atoms with van der Waals surface area (Å²) >= 11 is 0. The Bertz CT molecular complexity index is 307. The highest BCUT2D eigenvalue weighted by atomic mass is 16.5. The van der Waals surface area contributed by atoms with E-state index in [1.54, 1.807) is 7.11 Å². The Morgan fingerprint density at radius 2 is 2.19 bits per heavy atom. The highest BCUT2D eigenvalue weighted by Gasteiger charge is 2.05. The van der Waals surface area contributed by atoms with Gasteiger partial charge in [-0.25, -0.2) is 4.98 Å². The fourth-order valence-corrected chi connectivity index (χ4v) is 1.61. The van der Waals surface area contributed by atoms with Crippen LogP contribution in [-0.2, 0) is 17.8 Å². The van der Waals surface area contributed by atoms with Gasteiger partial charge >= 0.3 is 0 Å². The molecule has 0 aliphatic carbocycles. The van der Waals surface area contributed by atoms with Gasteiger partial charge in [-0.3, -0.25) is 0 Å². The SMILES string of the molecule is COCc1nc(CCCNC(C)C)[nH]c1C. The standard InChI is InChI=1S/C12H23N3O/c1-9(2)13-7-5-6-12-14-10(3)11(15-12)8-16-4/h9,13H,5-8H2,1-4H3,(H,14,15). The first kappa shape index (κ1) is 13.2. The van der Waals surface area contributed by atoms with Crippen LogP contribution in [0.25, 0.3) is 0 Å². The minimum atomic E-state index is 0.558. The molecule has 1 rings (SSSR count). The number of aryl methyl sites for hydroxylation is 2. The van der Waals surface area contributed by atoms with Crippen molar-refractivity contribution in [2.24, 2.45) is 0 Å². The number of nitrogens with one attached hydrogen (secondary N) is 2. The van der Waals surface area contributed by atoms with Crippen LogP contribution in [-0.4, -0.2) is 29.7 Å². The molecule has 0 spiro atoms. The number of ether oxygens (including phenoxy) is 1. The molecule has 0 radical (unpaired) electrons. The van der Waals surface area contributed by atoms with Crippen molar-refractivity contribution in [2.45, 2.75) is 46.3 Å². The van der Waals surface area contributed by atoms with Crippen molar-refractivity contribution in [1.29, 1.82) is 0 Å². The number of aromatic amines is 1. The van der Waals surface area contributed by atoms with Crippen molar-refractivity contribution in [3.63, 3.8) is 0 Å². The lowest BCUT2D eigenvalue weighted by atomic mass is 10.3. The van der Waals surface area contributed by atoms with Crippen molar-refractivity contribution >= 4 is 0 Å². The predicted octanol–water partition coefficient (Wildman–Crippen LogP) is 1.80. The largest absolute Gasteiger partial charge is 0.378 e. The number of imidazole rings is 1. The van der Waals surface area contributed by atoms with Gasteiger partial charge in [0.05, 0.1) is 12.3 Å². The number of methoxy groups -OCH3 is 1. The maximum atomic E-state index is 5.08. The lowest BCUT2D eigenvalue weighted by Gasteiger charge is -2.06. The third-order valence-electron chi connectivity index (χ3n) is 2.46. The van der Waals surface area contributed by atoms with Crippen LogP contribution in [0.3, 0.4) is 0 Å². The summed E-state index contributed by atoms with van der Waals surface area (Å²) in [6.07, 6.45) is 2.10. The summed E-state index contributed by atoms with van der Waals surface area (Å²) in [5.41, 5.74) is 2.14. The van der Waals surface area contributed by atoms with E-state index in [0.29, 0.717) is 12.6 Å². The molecule has 0 atom stereocenters. The Hall–Kier alpha value is -0.870. The summed E-state index contributed by atoms with van der Waals surface area (Å²) in [6.45, 7) is 7.99. The monoisotopic (exact) mass is 225 g/mol. The van der Waals surface area contributed by atoms with Gasteiger partial charge in [0.25, 0.3) is 0 Å². The van der Waals surface area contributed by atoms with Crippen molar-refractivity contribution in [3.8, 4) is 0 Å². The number of rotatable bonds is 7. The van der Waals surface area contributed by atoms with E-state index in [4.69, 9.17) is 4.74 Å². The Labute approximate surface area is 97.8 Å². The highest BCUT2D eigenvalue weighted by molar-refractivity contribution is 5.12. The molecule has 0 aliphatic rings. The van der Waals surface area contributed by atoms with Crippen LogP contribution in [0.1, 0.15) is 37.5 Å². The van der Waals surface area contributed by atoms with Gasteiger partial charge in [-0.2, -0.15) is 0 Å². The molecule has 0 aromatic carbocycles. The van der Waals surface area contributed by atoms with Crippen molar-refractivity contribution < 1.29 is 4.74 Å². The van der Waals surface area contributed by atoms with Gasteiger partial charge in [-0.05, 0) is 19.9 Å². The second kappa shape index (κ2) is 6.66. The molecule has 0 unspecified atom stereocenters. The number of aromatic nitrogens is 2. The van der Waals surface area contributed by atoms with Crippen LogP contribution in [0.2, 0.25) is 0 Å². The van der Waals surface area contributed by atoms with Gasteiger partial charge in [-0.15, -0.1) is 0 Å². The van der Waals surface area contributed by atoms with Crippen LogP contribution >= 0.6 is 0 Å². The van der Waals surface area contributed by atoms with Crippen LogP contribution < -0.4 is 5.32 Å². The molecular formula is C12H23N3O. The Balaban J connectivity index is 2.34. The summed E-state index contributed by atoms with van der Waals surface area (Å²) < 4.78 is 5.08. The third kappa shape index (κ3) is 4.33. The molecule has 0 saturated heterocycles. The lowest BCUT2D eigenvalue weighted by Crippen LogP contribution is -2.24. The number of H-pyrrole nitrogens is 1. The van der Waals surface area contributed by atoms with Crippen molar-refractivity contribution in [1.82, 2.24) is 15.3 Å². The molecule has 16 heavy (non-hydrogen) atoms. The molecule has 4 nitrogen and oxygen atoms in total. The molecule has 2 N–H and O–H groups in total. The van der Waals surface area contributed by atoms with Gasteiger partial charge in [0.15, 0.2) is 0 Å². The van der Waals surface area contributed by atoms with Crippen LogP contribution in [0, 0.1) is 6.92 Å². The zero-order valence-electron chi connectivity index (χ0n) is 10.8. The molecule has 1 aromatic rings. The fraction of sp³-hybridized carbons (Fsp3) is 0.750. The van der Waals surface area contributed by atoms with E-state index in [1.807, 2.05) is 6.92 Å². The van der Waals surface area contributed by atoms with Gasteiger partial charge in [-0.1, -0.05) is 13.8 Å². The lowest BCUT2D eigenvalue weighted by molar-refractivity contribution is 0.181. The summed E-state index contributed by atoms with van der Waals surface area (Å²) in [5, 5.41) is 3.40. The van der Waals surface area contributed by atoms with E-state index in [9.17, 15) is 0 Å². The number of hydrogen-bond acceptors (Lipinski definition) is 3. The Morgan fingerprint density at radius 1 is 1.44 bits per heavy atom. The maximum absolute atomic E-state index is 5.08. The first-order valence-electron chi connectivity index (χ1n) is 5.90.